The number of aryl methyl sites for hydroxylation is 2. The summed E-state index contributed by atoms with van der Waals surface area (Å²) in [5.41, 5.74) is 3.57. The van der Waals surface area contributed by atoms with E-state index in [1.165, 1.54) is 0 Å². The summed E-state index contributed by atoms with van der Waals surface area (Å²) in [5.74, 6) is -0.863. The molecule has 0 fully saturated rings. The van der Waals surface area contributed by atoms with E-state index in [9.17, 15) is 9.59 Å². The van der Waals surface area contributed by atoms with Crippen LogP contribution in [-0.4, -0.2) is 11.8 Å². The maximum absolute atomic E-state index is 12.7. The second-order valence-corrected chi connectivity index (χ2v) is 5.65. The molecule has 3 nitrogen and oxygen atoms in total. The van der Waals surface area contributed by atoms with Crippen molar-refractivity contribution < 1.29 is 9.59 Å². The predicted octanol–water partition coefficient (Wildman–Crippen LogP) is 3.83. The number of hydrogen-bond acceptors (Lipinski definition) is 2. The molecule has 0 spiro atoms. The topological polar surface area (TPSA) is 37.4 Å². The van der Waals surface area contributed by atoms with Gasteiger partial charge in [0.1, 0.15) is 5.03 Å². The monoisotopic (exact) mass is 311 g/mol. The number of amides is 2. The van der Waals surface area contributed by atoms with Gasteiger partial charge in [0, 0.05) is 0 Å². The molecule has 1 heterocycles. The Morgan fingerprint density at radius 3 is 2.18 bits per heavy atom. The molecule has 2 aromatic rings. The fraction of sp³-hybridized carbons (Fsp3) is 0.111. The molecule has 22 heavy (non-hydrogen) atoms. The van der Waals surface area contributed by atoms with Crippen LogP contribution in [0.25, 0.3) is 5.57 Å². The van der Waals surface area contributed by atoms with E-state index in [4.69, 9.17) is 11.6 Å². The van der Waals surface area contributed by atoms with Gasteiger partial charge in [-0.25, -0.2) is 4.90 Å². The lowest BCUT2D eigenvalue weighted by molar-refractivity contribution is -0.119. The Morgan fingerprint density at radius 1 is 0.864 bits per heavy atom. The van der Waals surface area contributed by atoms with Crippen LogP contribution in [0.1, 0.15) is 16.7 Å². The number of rotatable bonds is 2. The van der Waals surface area contributed by atoms with Crippen molar-refractivity contribution in [1.29, 1.82) is 0 Å². The number of nitrogens with zero attached hydrogens (tertiary/aromatic N) is 1. The first-order valence-electron chi connectivity index (χ1n) is 6.92. The van der Waals surface area contributed by atoms with Crippen molar-refractivity contribution in [3.05, 3.63) is 70.3 Å². The van der Waals surface area contributed by atoms with E-state index in [1.54, 1.807) is 18.2 Å². The fourth-order valence-corrected chi connectivity index (χ4v) is 2.73. The Hall–Kier alpha value is -2.39. The summed E-state index contributed by atoms with van der Waals surface area (Å²) in [6, 6.07) is 14.5. The van der Waals surface area contributed by atoms with E-state index in [0.29, 0.717) is 11.3 Å². The van der Waals surface area contributed by atoms with E-state index >= 15 is 0 Å². The number of carbonyl (C=O) groups is 2. The van der Waals surface area contributed by atoms with Gasteiger partial charge in [0.25, 0.3) is 11.8 Å². The molecule has 0 N–H and O–H groups in total. The summed E-state index contributed by atoms with van der Waals surface area (Å²) in [6.07, 6.45) is 0. The summed E-state index contributed by atoms with van der Waals surface area (Å²) in [6.45, 7) is 3.92. The van der Waals surface area contributed by atoms with Crippen LogP contribution < -0.4 is 4.90 Å². The van der Waals surface area contributed by atoms with E-state index < -0.39 is 5.91 Å². The van der Waals surface area contributed by atoms with Gasteiger partial charge in [-0.05, 0) is 42.7 Å². The van der Waals surface area contributed by atoms with Crippen molar-refractivity contribution in [1.82, 2.24) is 0 Å². The van der Waals surface area contributed by atoms with Gasteiger partial charge in [0.15, 0.2) is 0 Å². The quantitative estimate of drug-likeness (QED) is 0.791. The van der Waals surface area contributed by atoms with Gasteiger partial charge in [-0.2, -0.15) is 0 Å². The van der Waals surface area contributed by atoms with Crippen molar-refractivity contribution >= 4 is 34.7 Å². The molecular formula is C18H14ClNO2. The van der Waals surface area contributed by atoms with Gasteiger partial charge < -0.3 is 0 Å². The van der Waals surface area contributed by atoms with E-state index in [-0.39, 0.29) is 16.5 Å². The summed E-state index contributed by atoms with van der Waals surface area (Å²) in [4.78, 5) is 26.2. The summed E-state index contributed by atoms with van der Waals surface area (Å²) in [5, 5.41) is -0.0329. The molecule has 2 aromatic carbocycles. The van der Waals surface area contributed by atoms with Crippen LogP contribution >= 0.6 is 11.6 Å². The highest BCUT2D eigenvalue weighted by Crippen LogP contribution is 2.35. The van der Waals surface area contributed by atoms with Crippen LogP contribution in [0, 0.1) is 13.8 Å². The first kappa shape index (κ1) is 14.5. The predicted molar refractivity (Wildman–Crippen MR) is 87.6 cm³/mol. The molecular weight excluding hydrogens is 298 g/mol. The standard InChI is InChI=1S/C18H14ClNO2/c1-11-8-9-14(10-12(11)2)20-17(21)15(16(19)18(20)22)13-6-4-3-5-7-13/h3-10H,1-2H3. The average Bonchev–Trinajstić information content (AvgIpc) is 2.73. The molecule has 3 rings (SSSR count). The Balaban J connectivity index is 2.06. The Labute approximate surface area is 133 Å². The molecule has 1 aliphatic rings. The van der Waals surface area contributed by atoms with Crippen molar-refractivity contribution in [2.45, 2.75) is 13.8 Å². The van der Waals surface area contributed by atoms with Gasteiger partial charge in [0.05, 0.1) is 11.3 Å². The molecule has 1 aliphatic heterocycles. The zero-order valence-corrected chi connectivity index (χ0v) is 13.0. The fourth-order valence-electron chi connectivity index (χ4n) is 2.46. The number of imide groups is 1. The highest BCUT2D eigenvalue weighted by Gasteiger charge is 2.39. The number of hydrogen-bond donors (Lipinski definition) is 0. The highest BCUT2D eigenvalue weighted by molar-refractivity contribution is 6.60. The van der Waals surface area contributed by atoms with Gasteiger partial charge >= 0.3 is 0 Å². The third-order valence-corrected chi connectivity index (χ3v) is 4.19. The lowest BCUT2D eigenvalue weighted by atomic mass is 10.1. The van der Waals surface area contributed by atoms with Crippen LogP contribution in [0.15, 0.2) is 53.6 Å². The van der Waals surface area contributed by atoms with Gasteiger partial charge in [-0.15, -0.1) is 0 Å². The van der Waals surface area contributed by atoms with Crippen LogP contribution in [0.5, 0.6) is 0 Å². The van der Waals surface area contributed by atoms with Crippen LogP contribution in [-0.2, 0) is 9.59 Å². The van der Waals surface area contributed by atoms with Crippen molar-refractivity contribution in [2.24, 2.45) is 0 Å². The molecule has 0 radical (unpaired) electrons. The Kier molecular flexibility index (Phi) is 3.59. The minimum absolute atomic E-state index is 0.0329. The van der Waals surface area contributed by atoms with Gasteiger partial charge in [0.2, 0.25) is 0 Å². The zero-order chi connectivity index (χ0) is 15.9. The normalized spacial score (nSPS) is 15.0. The zero-order valence-electron chi connectivity index (χ0n) is 12.3. The van der Waals surface area contributed by atoms with Crippen molar-refractivity contribution in [3.63, 3.8) is 0 Å². The molecule has 110 valence electrons. The van der Waals surface area contributed by atoms with Crippen LogP contribution in [0.3, 0.4) is 0 Å². The molecule has 0 unspecified atom stereocenters. The maximum Gasteiger partial charge on any atom is 0.277 e. The summed E-state index contributed by atoms with van der Waals surface area (Å²) in [7, 11) is 0. The number of halogens is 1. The van der Waals surface area contributed by atoms with E-state index in [1.807, 2.05) is 44.2 Å². The average molecular weight is 312 g/mol. The number of carbonyl (C=O) groups excluding carboxylic acids is 2. The Bertz CT molecular complexity index is 809. The Morgan fingerprint density at radius 2 is 1.55 bits per heavy atom. The minimum Gasteiger partial charge on any atom is -0.268 e. The SMILES string of the molecule is Cc1ccc(N2C(=O)C(Cl)=C(c3ccccc3)C2=O)cc1C. The summed E-state index contributed by atoms with van der Waals surface area (Å²) >= 11 is 6.14. The molecule has 0 saturated heterocycles. The maximum atomic E-state index is 12.7. The number of benzene rings is 2. The van der Waals surface area contributed by atoms with Gasteiger partial charge in [-0.3, -0.25) is 9.59 Å². The second-order valence-electron chi connectivity index (χ2n) is 5.27. The molecule has 0 aromatic heterocycles. The van der Waals surface area contributed by atoms with E-state index in [2.05, 4.69) is 0 Å². The summed E-state index contributed by atoms with van der Waals surface area (Å²) < 4.78 is 0. The smallest absolute Gasteiger partial charge is 0.268 e. The van der Waals surface area contributed by atoms with Crippen molar-refractivity contribution in [3.8, 4) is 0 Å². The molecule has 0 bridgehead atoms. The number of anilines is 1. The van der Waals surface area contributed by atoms with Crippen LogP contribution in [0.4, 0.5) is 5.69 Å². The largest absolute Gasteiger partial charge is 0.277 e. The molecule has 0 saturated carbocycles. The molecule has 0 atom stereocenters. The highest BCUT2D eigenvalue weighted by atomic mass is 35.5. The molecule has 0 aliphatic carbocycles. The lowest BCUT2D eigenvalue weighted by Crippen LogP contribution is -2.31. The molecule has 2 amide bonds. The lowest BCUT2D eigenvalue weighted by Gasteiger charge is -2.16. The first-order chi connectivity index (χ1) is 10.5. The van der Waals surface area contributed by atoms with Gasteiger partial charge in [-0.1, -0.05) is 48.0 Å². The third kappa shape index (κ3) is 2.24. The van der Waals surface area contributed by atoms with Crippen molar-refractivity contribution in [2.75, 3.05) is 4.90 Å². The molecule has 4 heteroatoms. The third-order valence-electron chi connectivity index (χ3n) is 3.84. The van der Waals surface area contributed by atoms with E-state index in [0.717, 1.165) is 16.0 Å². The first-order valence-corrected chi connectivity index (χ1v) is 7.29. The second kappa shape index (κ2) is 5.43. The van der Waals surface area contributed by atoms with Crippen LogP contribution in [0.2, 0.25) is 0 Å². The minimum atomic E-state index is -0.478.